The Morgan fingerprint density at radius 3 is 0.908 bits per heavy atom. The van der Waals surface area contributed by atoms with Crippen molar-refractivity contribution >= 4 is 45.9 Å². The molecule has 12 nitrogen and oxygen atoms in total. The van der Waals surface area contributed by atoms with Crippen LogP contribution < -0.4 is 51.7 Å². The van der Waals surface area contributed by atoms with Gasteiger partial charge in [0.05, 0.1) is 51.2 Å². The van der Waals surface area contributed by atoms with Gasteiger partial charge in [0.1, 0.15) is 33.8 Å². The maximum absolute atomic E-state index is 13.8. The normalized spacial score (nSPS) is 11.5. The summed E-state index contributed by atoms with van der Waals surface area (Å²) in [4.78, 5) is 26.1. The highest BCUT2D eigenvalue weighted by molar-refractivity contribution is 5.97. The molecular formula is C58H50F6N6O6. The van der Waals surface area contributed by atoms with Crippen molar-refractivity contribution in [3.05, 3.63) is 190 Å². The van der Waals surface area contributed by atoms with E-state index in [4.69, 9.17) is 41.9 Å². The lowest BCUT2D eigenvalue weighted by Gasteiger charge is -2.33. The van der Waals surface area contributed by atoms with E-state index >= 15 is 0 Å². The molecule has 0 bridgehead atoms. The lowest BCUT2D eigenvalue weighted by molar-refractivity contribution is -0.170. The summed E-state index contributed by atoms with van der Waals surface area (Å²) in [6, 6.07) is 38.5. The highest BCUT2D eigenvalue weighted by Crippen LogP contribution is 2.46. The van der Waals surface area contributed by atoms with Crippen LogP contribution in [-0.4, -0.2) is 66.7 Å². The summed E-state index contributed by atoms with van der Waals surface area (Å²) in [7, 11) is 7.81. The topological polar surface area (TPSA) is 182 Å². The number of rotatable bonds is 12. The molecule has 0 radical (unpaired) electrons. The van der Waals surface area contributed by atoms with Gasteiger partial charge >= 0.3 is 24.2 Å². The molecule has 76 heavy (non-hydrogen) atoms. The van der Waals surface area contributed by atoms with E-state index in [1.165, 1.54) is 64.8 Å². The van der Waals surface area contributed by atoms with Crippen LogP contribution in [0.2, 0.25) is 0 Å². The summed E-state index contributed by atoms with van der Waals surface area (Å²) in [6.45, 7) is 0. The number of anilines is 6. The zero-order valence-corrected chi connectivity index (χ0v) is 41.8. The average molecular weight is 1040 g/mol. The highest BCUT2D eigenvalue weighted by atomic mass is 19.4. The minimum absolute atomic E-state index is 0.0869. The number of nitrogens with zero attached hydrogens (tertiary/aromatic N) is 2. The van der Waals surface area contributed by atoms with Crippen LogP contribution in [-0.2, 0) is 20.4 Å². The molecule has 2 amide bonds. The second kappa shape index (κ2) is 21.6. The number of ether oxygens (including phenoxy) is 4. The van der Waals surface area contributed by atoms with Crippen molar-refractivity contribution in [3.8, 4) is 46.7 Å². The number of hydrogen-bond donors (Lipinski definition) is 4. The summed E-state index contributed by atoms with van der Waals surface area (Å²) in [5.41, 5.74) is 27.0. The zero-order chi connectivity index (χ0) is 55.3. The third-order valence-corrected chi connectivity index (χ3v) is 12.8. The average Bonchev–Trinajstić information content (AvgIpc) is 3.42. The van der Waals surface area contributed by atoms with E-state index in [-0.39, 0.29) is 34.1 Å². The fourth-order valence-electron chi connectivity index (χ4n) is 8.78. The van der Waals surface area contributed by atoms with Gasteiger partial charge in [0.25, 0.3) is 0 Å². The Kier molecular flexibility index (Phi) is 15.4. The van der Waals surface area contributed by atoms with Crippen LogP contribution in [0.25, 0.3) is 0 Å². The van der Waals surface area contributed by atoms with Crippen molar-refractivity contribution in [2.75, 3.05) is 75.3 Å². The molecule has 0 aliphatic carbocycles. The molecule has 0 saturated heterocycles. The van der Waals surface area contributed by atoms with Crippen molar-refractivity contribution in [1.82, 2.24) is 0 Å². The van der Waals surface area contributed by atoms with Crippen LogP contribution >= 0.6 is 0 Å². The van der Waals surface area contributed by atoms with Crippen LogP contribution in [0.4, 0.5) is 60.5 Å². The summed E-state index contributed by atoms with van der Waals surface area (Å²) in [5, 5.41) is 0. The standard InChI is InChI=1S/C58H50F6N6O6/c1-69(53(71)57(59,60)61)43-11-7-9-37(29-43)55(39-17-21-49(73-3)45(65)31-39,40-18-22-50(74-4)46(66)32-40)27-25-35-13-15-36(16-14-35)26-28-56(41-19-23-51(75-5)47(67)33-41,42-20-24-52(76-6)48(68)34-42)38-10-8-12-44(30-38)70(2)54(72)58(62,63)64/h7-24,29-34H,65-68H2,1-6H3. The van der Waals surface area contributed by atoms with Gasteiger partial charge in [-0.15, -0.1) is 0 Å². The molecule has 0 atom stereocenters. The van der Waals surface area contributed by atoms with Crippen LogP contribution in [0.3, 0.4) is 0 Å². The first-order chi connectivity index (χ1) is 36.0. The van der Waals surface area contributed by atoms with Crippen molar-refractivity contribution < 1.29 is 54.9 Å². The summed E-state index contributed by atoms with van der Waals surface area (Å²) < 4.78 is 105. The van der Waals surface area contributed by atoms with Gasteiger partial charge in [-0.25, -0.2) is 0 Å². The molecule has 0 saturated carbocycles. The Balaban J connectivity index is 1.46. The second-order valence-corrected chi connectivity index (χ2v) is 17.2. The van der Waals surface area contributed by atoms with E-state index < -0.39 is 35.0 Å². The number of carbonyl (C=O) groups is 2. The molecule has 0 heterocycles. The number of alkyl halides is 6. The molecule has 0 aromatic heterocycles. The SMILES string of the molecule is COc1ccc(C(C#Cc2ccc(C#CC(c3cccc(N(C)C(=O)C(F)(F)F)c3)(c3ccc(OC)c(N)c3)c3ccc(OC)c(N)c3)cc2)(c2cccc(N(C)C(=O)C(F)(F)F)c2)c2ccc(OC)c(N)c2)cc1N. The zero-order valence-electron chi connectivity index (χ0n) is 41.8. The number of methoxy groups -OCH3 is 4. The Morgan fingerprint density at radius 2 is 0.671 bits per heavy atom. The van der Waals surface area contributed by atoms with Gasteiger partial charge in [0.15, 0.2) is 0 Å². The van der Waals surface area contributed by atoms with Crippen molar-refractivity contribution in [3.63, 3.8) is 0 Å². The van der Waals surface area contributed by atoms with Crippen LogP contribution in [0.5, 0.6) is 23.0 Å². The second-order valence-electron chi connectivity index (χ2n) is 17.2. The number of nitrogen functional groups attached to an aromatic ring is 4. The lowest BCUT2D eigenvalue weighted by Crippen LogP contribution is -2.38. The fraction of sp³-hybridized carbons (Fsp3) is 0.172. The van der Waals surface area contributed by atoms with Gasteiger partial charge in [-0.1, -0.05) is 72.2 Å². The third kappa shape index (κ3) is 10.6. The summed E-state index contributed by atoms with van der Waals surface area (Å²) in [6.07, 6.45) is -10.4. The number of nitrogens with two attached hydrogens (primary N) is 4. The predicted molar refractivity (Wildman–Crippen MR) is 281 cm³/mol. The van der Waals surface area contributed by atoms with Gasteiger partial charge in [-0.05, 0) is 130 Å². The van der Waals surface area contributed by atoms with E-state index in [2.05, 4.69) is 23.7 Å². The van der Waals surface area contributed by atoms with Crippen LogP contribution in [0, 0.1) is 23.7 Å². The number of hydrogen-bond acceptors (Lipinski definition) is 10. The van der Waals surface area contributed by atoms with E-state index in [0.717, 1.165) is 14.1 Å². The van der Waals surface area contributed by atoms with E-state index in [1.807, 2.05) is 0 Å². The van der Waals surface area contributed by atoms with Crippen LogP contribution in [0.1, 0.15) is 44.5 Å². The molecule has 7 aromatic rings. The minimum Gasteiger partial charge on any atom is -0.495 e. The Labute approximate surface area is 434 Å². The first-order valence-electron chi connectivity index (χ1n) is 22.9. The van der Waals surface area contributed by atoms with E-state index in [1.54, 1.807) is 109 Å². The molecule has 8 N–H and O–H groups in total. The number of benzene rings is 7. The molecule has 7 aromatic carbocycles. The monoisotopic (exact) mass is 1040 g/mol. The molecule has 0 aliphatic rings. The minimum atomic E-state index is -5.18. The lowest BCUT2D eigenvalue weighted by atomic mass is 9.69. The van der Waals surface area contributed by atoms with Gasteiger partial charge < -0.3 is 51.7 Å². The Hall–Kier alpha value is -9.42. The Bertz CT molecular complexity index is 3130. The molecule has 0 aliphatic heterocycles. The van der Waals surface area contributed by atoms with E-state index in [0.29, 0.717) is 77.3 Å². The fourth-order valence-corrected chi connectivity index (χ4v) is 8.78. The maximum Gasteiger partial charge on any atom is 0.471 e. The highest BCUT2D eigenvalue weighted by Gasteiger charge is 2.44. The van der Waals surface area contributed by atoms with Gasteiger partial charge in [0.2, 0.25) is 0 Å². The van der Waals surface area contributed by atoms with Crippen molar-refractivity contribution in [2.24, 2.45) is 0 Å². The predicted octanol–water partition coefficient (Wildman–Crippen LogP) is 9.87. The van der Waals surface area contributed by atoms with Crippen LogP contribution in [0.15, 0.2) is 146 Å². The largest absolute Gasteiger partial charge is 0.495 e. The summed E-state index contributed by atoms with van der Waals surface area (Å²) in [5.74, 6) is 10.5. The van der Waals surface area contributed by atoms with E-state index in [9.17, 15) is 35.9 Å². The number of amides is 2. The molecule has 0 unspecified atom stereocenters. The smallest absolute Gasteiger partial charge is 0.471 e. The van der Waals surface area contributed by atoms with Crippen molar-refractivity contribution in [1.29, 1.82) is 0 Å². The summed E-state index contributed by atoms with van der Waals surface area (Å²) >= 11 is 0. The molecule has 0 fully saturated rings. The quantitative estimate of drug-likeness (QED) is 0.0398. The van der Waals surface area contributed by atoms with Crippen molar-refractivity contribution in [2.45, 2.75) is 23.2 Å². The molecular weight excluding hydrogens is 991 g/mol. The molecule has 0 spiro atoms. The molecule has 7 rings (SSSR count). The molecule has 18 heteroatoms. The first-order valence-corrected chi connectivity index (χ1v) is 22.9. The first kappa shape index (κ1) is 54.4. The number of carbonyl (C=O) groups excluding carboxylic acids is 2. The third-order valence-electron chi connectivity index (χ3n) is 12.8. The van der Waals surface area contributed by atoms with Gasteiger partial charge in [-0.2, -0.15) is 26.3 Å². The Morgan fingerprint density at radius 1 is 0.408 bits per heavy atom. The van der Waals surface area contributed by atoms with Gasteiger partial charge in [-0.3, -0.25) is 9.59 Å². The number of halogens is 6. The maximum atomic E-state index is 13.8. The van der Waals surface area contributed by atoms with Gasteiger partial charge in [0, 0.05) is 36.6 Å². The molecule has 390 valence electrons.